The van der Waals surface area contributed by atoms with Crippen molar-refractivity contribution >= 4 is 15.8 Å². The molecule has 18 heavy (non-hydrogen) atoms. The lowest BCUT2D eigenvalue weighted by Crippen LogP contribution is -2.40. The molecule has 0 aliphatic carbocycles. The number of rotatable bonds is 5. The molecule has 1 heterocycles. The fourth-order valence-electron chi connectivity index (χ4n) is 2.34. The second-order valence-electron chi connectivity index (χ2n) is 5.83. The molecule has 106 valence electrons. The molecule has 4 nitrogen and oxygen atoms in total. The van der Waals surface area contributed by atoms with Gasteiger partial charge in [0.25, 0.3) is 0 Å². The molecule has 0 radical (unpaired) electrons. The molecule has 0 amide bonds. The van der Waals surface area contributed by atoms with Gasteiger partial charge in [-0.05, 0) is 24.7 Å². The van der Waals surface area contributed by atoms with Crippen LogP contribution in [0.25, 0.3) is 0 Å². The molecule has 0 aromatic heterocycles. The predicted molar refractivity (Wildman–Crippen MR) is 72.8 cm³/mol. The Kier molecular flexibility index (Phi) is 5.34. The minimum absolute atomic E-state index is 0.0682. The average Bonchev–Trinajstić information content (AvgIpc) is 2.27. The first-order valence-corrected chi connectivity index (χ1v) is 8.54. The first-order chi connectivity index (χ1) is 8.21. The van der Waals surface area contributed by atoms with E-state index >= 15 is 0 Å². The summed E-state index contributed by atoms with van der Waals surface area (Å²) in [6.07, 6.45) is 3.59. The van der Waals surface area contributed by atoms with Crippen LogP contribution in [0.4, 0.5) is 0 Å². The lowest BCUT2D eigenvalue weighted by Gasteiger charge is -2.31. The van der Waals surface area contributed by atoms with Gasteiger partial charge >= 0.3 is 0 Å². The Balaban J connectivity index is 2.56. The second kappa shape index (κ2) is 6.15. The zero-order valence-corrected chi connectivity index (χ0v) is 12.7. The predicted octanol–water partition coefficient (Wildman–Crippen LogP) is 1.91. The van der Waals surface area contributed by atoms with E-state index in [9.17, 15) is 13.2 Å². The smallest absolute Gasteiger partial charge is 0.211 e. The van der Waals surface area contributed by atoms with E-state index in [1.54, 1.807) is 0 Å². The number of hydrogen-bond acceptors (Lipinski definition) is 3. The van der Waals surface area contributed by atoms with Crippen LogP contribution in [-0.2, 0) is 14.8 Å². The summed E-state index contributed by atoms with van der Waals surface area (Å²) in [5.41, 5.74) is 0. The molecule has 0 N–H and O–H groups in total. The third-order valence-electron chi connectivity index (χ3n) is 3.95. The van der Waals surface area contributed by atoms with Crippen molar-refractivity contribution < 1.29 is 13.2 Å². The number of carbonyl (C=O) groups excluding carboxylic acids is 1. The third-order valence-corrected chi connectivity index (χ3v) is 5.22. The van der Waals surface area contributed by atoms with Gasteiger partial charge in [0.2, 0.25) is 10.0 Å². The molecule has 1 rings (SSSR count). The van der Waals surface area contributed by atoms with E-state index in [-0.39, 0.29) is 17.6 Å². The fraction of sp³-hybridized carbons (Fsp3) is 0.923. The molecule has 1 saturated heterocycles. The summed E-state index contributed by atoms with van der Waals surface area (Å²) in [6.45, 7) is 7.17. The Morgan fingerprint density at radius 2 is 1.94 bits per heavy atom. The van der Waals surface area contributed by atoms with Gasteiger partial charge in [0.1, 0.15) is 5.78 Å². The third kappa shape index (κ3) is 4.35. The van der Waals surface area contributed by atoms with E-state index in [0.29, 0.717) is 25.4 Å². The molecule has 1 fully saturated rings. The van der Waals surface area contributed by atoms with Crippen LogP contribution in [0.2, 0.25) is 0 Å². The Morgan fingerprint density at radius 1 is 1.33 bits per heavy atom. The van der Waals surface area contributed by atoms with Gasteiger partial charge < -0.3 is 0 Å². The maximum atomic E-state index is 12.0. The molecule has 2 atom stereocenters. The minimum atomic E-state index is -3.11. The number of nitrogens with zero attached hydrogens (tertiary/aromatic N) is 1. The summed E-state index contributed by atoms with van der Waals surface area (Å²) in [5.74, 6) is 0.887. The highest BCUT2D eigenvalue weighted by Crippen LogP contribution is 2.24. The second-order valence-corrected chi connectivity index (χ2v) is 7.81. The van der Waals surface area contributed by atoms with Gasteiger partial charge in [0.15, 0.2) is 0 Å². The molecule has 0 saturated carbocycles. The molecular formula is C13H25NO3S. The van der Waals surface area contributed by atoms with Crippen LogP contribution < -0.4 is 0 Å². The van der Waals surface area contributed by atoms with E-state index in [4.69, 9.17) is 0 Å². The highest BCUT2D eigenvalue weighted by atomic mass is 32.2. The molecular weight excluding hydrogens is 250 g/mol. The Hall–Kier alpha value is -0.420. The highest BCUT2D eigenvalue weighted by Gasteiger charge is 2.28. The number of ketones is 1. The van der Waals surface area contributed by atoms with Crippen LogP contribution in [0.1, 0.15) is 40.0 Å². The van der Waals surface area contributed by atoms with Crippen molar-refractivity contribution in [3.63, 3.8) is 0 Å². The monoisotopic (exact) mass is 275 g/mol. The number of sulfonamides is 1. The van der Waals surface area contributed by atoms with Crippen molar-refractivity contribution in [1.82, 2.24) is 4.31 Å². The Morgan fingerprint density at radius 3 is 2.44 bits per heavy atom. The van der Waals surface area contributed by atoms with Crippen molar-refractivity contribution in [1.29, 1.82) is 0 Å². The normalized spacial score (nSPS) is 24.2. The number of carbonyl (C=O) groups is 1. The molecule has 1 aliphatic rings. The molecule has 0 aromatic rings. The van der Waals surface area contributed by atoms with Crippen LogP contribution in [0.5, 0.6) is 0 Å². The van der Waals surface area contributed by atoms with E-state index < -0.39 is 10.0 Å². The highest BCUT2D eigenvalue weighted by molar-refractivity contribution is 7.88. The maximum Gasteiger partial charge on any atom is 0.211 e. The summed E-state index contributed by atoms with van der Waals surface area (Å²) >= 11 is 0. The van der Waals surface area contributed by atoms with Crippen LogP contribution in [0.3, 0.4) is 0 Å². The van der Waals surface area contributed by atoms with Crippen molar-refractivity contribution in [2.45, 2.75) is 40.0 Å². The minimum Gasteiger partial charge on any atom is -0.299 e. The van der Waals surface area contributed by atoms with Gasteiger partial charge in [-0.25, -0.2) is 12.7 Å². The molecule has 5 heteroatoms. The van der Waals surface area contributed by atoms with Crippen LogP contribution in [0.15, 0.2) is 0 Å². The van der Waals surface area contributed by atoms with Gasteiger partial charge in [0.05, 0.1) is 6.26 Å². The quantitative estimate of drug-likeness (QED) is 0.770. The van der Waals surface area contributed by atoms with Crippen LogP contribution in [-0.4, -0.2) is 37.9 Å². The molecule has 0 spiro atoms. The van der Waals surface area contributed by atoms with Gasteiger partial charge in [-0.15, -0.1) is 0 Å². The maximum absolute atomic E-state index is 12.0. The van der Waals surface area contributed by atoms with Crippen molar-refractivity contribution in [2.24, 2.45) is 17.8 Å². The Bertz CT molecular complexity index is 389. The van der Waals surface area contributed by atoms with E-state index in [2.05, 4.69) is 0 Å². The number of Topliss-reactive ketones (excluding diaryl/α,β-unsaturated/α-hetero) is 1. The van der Waals surface area contributed by atoms with Crippen molar-refractivity contribution in [2.75, 3.05) is 19.3 Å². The summed E-state index contributed by atoms with van der Waals surface area (Å²) in [6, 6.07) is 0. The molecule has 0 aromatic carbocycles. The van der Waals surface area contributed by atoms with Crippen molar-refractivity contribution in [3.05, 3.63) is 0 Å². The standard InChI is InChI=1S/C13H25NO3S/c1-10(2)11(3)13(15)8-12-6-5-7-14(9-12)18(4,16)17/h10-12H,5-9H2,1-4H3. The van der Waals surface area contributed by atoms with Crippen LogP contribution in [0, 0.1) is 17.8 Å². The summed E-state index contributed by atoms with van der Waals surface area (Å²) in [5, 5.41) is 0. The van der Waals surface area contributed by atoms with Gasteiger partial charge in [-0.1, -0.05) is 20.8 Å². The summed E-state index contributed by atoms with van der Waals surface area (Å²) < 4.78 is 24.5. The zero-order chi connectivity index (χ0) is 13.9. The lowest BCUT2D eigenvalue weighted by molar-refractivity contribution is -0.124. The lowest BCUT2D eigenvalue weighted by atomic mass is 9.86. The van der Waals surface area contributed by atoms with E-state index in [0.717, 1.165) is 12.8 Å². The summed E-state index contributed by atoms with van der Waals surface area (Å²) in [4.78, 5) is 12.0. The first kappa shape index (κ1) is 15.6. The number of piperidine rings is 1. The first-order valence-electron chi connectivity index (χ1n) is 6.69. The van der Waals surface area contributed by atoms with Crippen molar-refractivity contribution in [3.8, 4) is 0 Å². The van der Waals surface area contributed by atoms with Crippen LogP contribution >= 0.6 is 0 Å². The fourth-order valence-corrected chi connectivity index (χ4v) is 3.28. The van der Waals surface area contributed by atoms with E-state index in [1.165, 1.54) is 10.6 Å². The van der Waals surface area contributed by atoms with Gasteiger partial charge in [-0.3, -0.25) is 4.79 Å². The Labute approximate surface area is 111 Å². The molecule has 0 bridgehead atoms. The molecule has 1 aliphatic heterocycles. The largest absolute Gasteiger partial charge is 0.299 e. The van der Waals surface area contributed by atoms with E-state index in [1.807, 2.05) is 20.8 Å². The zero-order valence-electron chi connectivity index (χ0n) is 11.8. The molecule has 2 unspecified atom stereocenters. The van der Waals surface area contributed by atoms with Gasteiger partial charge in [-0.2, -0.15) is 0 Å². The average molecular weight is 275 g/mol. The van der Waals surface area contributed by atoms with Gasteiger partial charge in [0, 0.05) is 25.4 Å². The topological polar surface area (TPSA) is 54.5 Å². The summed E-state index contributed by atoms with van der Waals surface area (Å²) in [7, 11) is -3.11. The number of hydrogen-bond donors (Lipinski definition) is 0. The SMILES string of the molecule is CC(C)C(C)C(=O)CC1CCCN(S(C)(=O)=O)C1.